The fourth-order valence-electron chi connectivity index (χ4n) is 2.84. The van der Waals surface area contributed by atoms with Crippen molar-refractivity contribution in [1.82, 2.24) is 9.78 Å². The molecule has 1 aliphatic rings. The van der Waals surface area contributed by atoms with Gasteiger partial charge < -0.3 is 9.64 Å². The molecule has 124 valence electrons. The zero-order valence-electron chi connectivity index (χ0n) is 13.9. The maximum atomic E-state index is 12.9. The molecule has 6 nitrogen and oxygen atoms in total. The molecule has 1 N–H and O–H groups in total. The Balaban J connectivity index is 1.95. The van der Waals surface area contributed by atoms with Gasteiger partial charge in [-0.3, -0.25) is 4.68 Å². The number of likely N-dealkylation sites (N-methyl/N-ethyl adjacent to an activating group) is 1. The number of anilines is 1. The molecular weight excluding hydrogens is 314 g/mol. The third kappa shape index (κ3) is 2.86. The molecule has 0 fully saturated rings. The highest BCUT2D eigenvalue weighted by Crippen LogP contribution is 2.35. The lowest BCUT2D eigenvalue weighted by Crippen LogP contribution is -2.29. The van der Waals surface area contributed by atoms with Gasteiger partial charge >= 0.3 is 0 Å². The summed E-state index contributed by atoms with van der Waals surface area (Å²) in [6.07, 6.45) is 0. The molecule has 2 aromatic rings. The van der Waals surface area contributed by atoms with Crippen LogP contribution >= 0.6 is 0 Å². The lowest BCUT2D eigenvalue weighted by atomic mass is 10.2. The highest BCUT2D eigenvalue weighted by molar-refractivity contribution is 7.97. The number of ether oxygens (including phenoxy) is 1. The number of nitrogens with zero attached hydrogens (tertiary/aromatic N) is 3. The molecule has 23 heavy (non-hydrogen) atoms. The molecule has 0 spiro atoms. The number of fused-ring (bicyclic) bond motifs is 1. The lowest BCUT2D eigenvalue weighted by molar-refractivity contribution is 0.310. The summed E-state index contributed by atoms with van der Waals surface area (Å²) < 4.78 is 30.9. The van der Waals surface area contributed by atoms with E-state index in [1.807, 2.05) is 34.0 Å². The zero-order valence-corrected chi connectivity index (χ0v) is 14.7. The van der Waals surface area contributed by atoms with Crippen molar-refractivity contribution in [3.05, 3.63) is 35.2 Å². The first kappa shape index (κ1) is 16.0. The SMILES string of the molecule is Cc1nn(C)c(C)c1C[S+](=O)(O)c1ccc2c(c1)OCCN2C. The molecule has 0 saturated carbocycles. The van der Waals surface area contributed by atoms with Crippen molar-refractivity contribution in [2.45, 2.75) is 24.5 Å². The van der Waals surface area contributed by atoms with E-state index in [9.17, 15) is 8.76 Å². The molecular formula is C16H22N3O3S+. The van der Waals surface area contributed by atoms with Gasteiger partial charge in [0.25, 0.3) is 10.2 Å². The fraction of sp³-hybridized carbons (Fsp3) is 0.438. The average molecular weight is 336 g/mol. The Kier molecular flexibility index (Phi) is 3.93. The van der Waals surface area contributed by atoms with E-state index in [-0.39, 0.29) is 5.75 Å². The molecule has 0 saturated heterocycles. The van der Waals surface area contributed by atoms with Gasteiger partial charge in [-0.05, 0) is 26.0 Å². The summed E-state index contributed by atoms with van der Waals surface area (Å²) in [6.45, 7) is 5.17. The first-order chi connectivity index (χ1) is 10.8. The van der Waals surface area contributed by atoms with Gasteiger partial charge in [-0.1, -0.05) is 4.21 Å². The minimum atomic E-state index is -3.20. The van der Waals surface area contributed by atoms with E-state index in [2.05, 4.69) is 10.00 Å². The molecule has 0 aliphatic carbocycles. The normalized spacial score (nSPS) is 16.7. The Morgan fingerprint density at radius 1 is 1.35 bits per heavy atom. The molecule has 0 bridgehead atoms. The van der Waals surface area contributed by atoms with Crippen molar-refractivity contribution in [3.8, 4) is 5.75 Å². The Morgan fingerprint density at radius 2 is 2.09 bits per heavy atom. The van der Waals surface area contributed by atoms with Crippen molar-refractivity contribution in [1.29, 1.82) is 0 Å². The number of benzene rings is 1. The highest BCUT2D eigenvalue weighted by Gasteiger charge is 2.34. The van der Waals surface area contributed by atoms with E-state index < -0.39 is 10.2 Å². The van der Waals surface area contributed by atoms with Gasteiger partial charge in [-0.25, -0.2) is 0 Å². The largest absolute Gasteiger partial charge is 0.489 e. The van der Waals surface area contributed by atoms with Crippen LogP contribution < -0.4 is 9.64 Å². The van der Waals surface area contributed by atoms with Crippen LogP contribution in [0.2, 0.25) is 0 Å². The summed E-state index contributed by atoms with van der Waals surface area (Å²) in [6, 6.07) is 5.25. The van der Waals surface area contributed by atoms with Crippen LogP contribution in [0.15, 0.2) is 23.1 Å². The minimum Gasteiger partial charge on any atom is -0.489 e. The summed E-state index contributed by atoms with van der Waals surface area (Å²) in [7, 11) is 0.629. The van der Waals surface area contributed by atoms with E-state index >= 15 is 0 Å². The Bertz CT molecular complexity index is 800. The second-order valence-electron chi connectivity index (χ2n) is 5.96. The molecule has 0 amide bonds. The van der Waals surface area contributed by atoms with Gasteiger partial charge in [0.2, 0.25) is 0 Å². The fourth-order valence-corrected chi connectivity index (χ4v) is 4.39. The van der Waals surface area contributed by atoms with E-state index in [4.69, 9.17) is 4.74 Å². The van der Waals surface area contributed by atoms with Crippen LogP contribution in [-0.4, -0.2) is 34.5 Å². The minimum absolute atomic E-state index is 0.0626. The van der Waals surface area contributed by atoms with Crippen molar-refractivity contribution in [3.63, 3.8) is 0 Å². The molecule has 0 radical (unpaired) electrons. The molecule has 1 aromatic heterocycles. The monoisotopic (exact) mass is 336 g/mol. The predicted molar refractivity (Wildman–Crippen MR) is 90.5 cm³/mol. The van der Waals surface area contributed by atoms with Crippen LogP contribution in [0.3, 0.4) is 0 Å². The van der Waals surface area contributed by atoms with Crippen LogP contribution in [-0.2, 0) is 27.2 Å². The quantitative estimate of drug-likeness (QED) is 0.872. The van der Waals surface area contributed by atoms with Crippen molar-refractivity contribution in [2.24, 2.45) is 7.05 Å². The second kappa shape index (κ2) is 5.65. The Hall–Kier alpha value is -1.86. The molecule has 1 aromatic carbocycles. The van der Waals surface area contributed by atoms with E-state index in [0.29, 0.717) is 17.3 Å². The highest BCUT2D eigenvalue weighted by atomic mass is 32.3. The second-order valence-corrected chi connectivity index (χ2v) is 8.00. The van der Waals surface area contributed by atoms with Crippen LogP contribution in [0.1, 0.15) is 17.0 Å². The van der Waals surface area contributed by atoms with Gasteiger partial charge in [0.05, 0.1) is 17.9 Å². The number of aryl methyl sites for hydroxylation is 2. The van der Waals surface area contributed by atoms with Gasteiger partial charge in [0.15, 0.2) is 10.6 Å². The third-order valence-corrected chi connectivity index (χ3v) is 6.06. The first-order valence-electron chi connectivity index (χ1n) is 7.51. The summed E-state index contributed by atoms with van der Waals surface area (Å²) in [4.78, 5) is 2.48. The summed E-state index contributed by atoms with van der Waals surface area (Å²) in [5.74, 6) is 0.727. The number of rotatable bonds is 3. The van der Waals surface area contributed by atoms with Gasteiger partial charge in [0.1, 0.15) is 12.4 Å². The van der Waals surface area contributed by atoms with E-state index in [1.54, 1.807) is 16.8 Å². The number of hydrogen-bond donors (Lipinski definition) is 1. The van der Waals surface area contributed by atoms with Crippen molar-refractivity contribution in [2.75, 3.05) is 25.1 Å². The molecule has 2 heterocycles. The zero-order chi connectivity index (χ0) is 16.8. The molecule has 1 unspecified atom stereocenters. The Morgan fingerprint density at radius 3 is 2.74 bits per heavy atom. The van der Waals surface area contributed by atoms with E-state index in [1.165, 1.54) is 0 Å². The molecule has 7 heteroatoms. The maximum absolute atomic E-state index is 12.9. The number of aromatic nitrogens is 2. The number of hydrogen-bond acceptors (Lipinski definition) is 4. The van der Waals surface area contributed by atoms with Crippen LogP contribution in [0, 0.1) is 13.8 Å². The molecule has 3 rings (SSSR count). The third-order valence-electron chi connectivity index (χ3n) is 4.39. The lowest BCUT2D eigenvalue weighted by Gasteiger charge is -2.27. The summed E-state index contributed by atoms with van der Waals surface area (Å²) in [5.41, 5.74) is 3.48. The summed E-state index contributed by atoms with van der Waals surface area (Å²) in [5, 5.41) is 4.32. The smallest absolute Gasteiger partial charge is 0.252 e. The van der Waals surface area contributed by atoms with Gasteiger partial charge in [-0.15, -0.1) is 0 Å². The van der Waals surface area contributed by atoms with Crippen LogP contribution in [0.4, 0.5) is 5.69 Å². The average Bonchev–Trinajstić information content (AvgIpc) is 2.73. The predicted octanol–water partition coefficient (Wildman–Crippen LogP) is 2.40. The summed E-state index contributed by atoms with van der Waals surface area (Å²) >= 11 is 0. The standard InChI is InChI=1S/C16H21N3O3S/c1-11-14(12(2)19(4)17-11)10-23(20,21)13-5-6-15-16(9-13)22-8-7-18(15)3/h5-6,9H,7-8,10H2,1-4H3/p+1. The molecule has 1 atom stereocenters. The van der Waals surface area contributed by atoms with Gasteiger partial charge in [-0.2, -0.15) is 9.65 Å². The molecule has 1 aliphatic heterocycles. The maximum Gasteiger partial charge on any atom is 0.252 e. The van der Waals surface area contributed by atoms with Crippen molar-refractivity contribution >= 4 is 15.9 Å². The van der Waals surface area contributed by atoms with Gasteiger partial charge in [0, 0.05) is 31.4 Å². The van der Waals surface area contributed by atoms with Crippen LogP contribution in [0.5, 0.6) is 5.75 Å². The van der Waals surface area contributed by atoms with E-state index in [0.717, 1.165) is 29.2 Å². The first-order valence-corrected chi connectivity index (χ1v) is 9.19. The Labute approximate surface area is 137 Å². The topological polar surface area (TPSA) is 67.6 Å². The van der Waals surface area contributed by atoms with Crippen LogP contribution in [0.25, 0.3) is 0 Å². The van der Waals surface area contributed by atoms with Crippen molar-refractivity contribution < 1.29 is 13.5 Å².